The van der Waals surface area contributed by atoms with Gasteiger partial charge in [0, 0.05) is 0 Å². The minimum absolute atomic E-state index is 0.282. The van der Waals surface area contributed by atoms with Gasteiger partial charge in [-0.2, -0.15) is 0 Å². The average molecular weight is 324 g/mol. The second-order valence-corrected chi connectivity index (χ2v) is 5.36. The molecular weight excluding hydrogens is 300 g/mol. The van der Waals surface area contributed by atoms with Crippen LogP contribution in [0.5, 0.6) is 0 Å². The van der Waals surface area contributed by atoms with Gasteiger partial charge in [-0.3, -0.25) is 4.89 Å². The Kier molecular flexibility index (Phi) is 8.75. The van der Waals surface area contributed by atoms with E-state index in [9.17, 15) is 9.59 Å². The first-order valence-corrected chi connectivity index (χ1v) is 7.86. The molecule has 1 atom stereocenters. The van der Waals surface area contributed by atoms with Crippen molar-refractivity contribution in [2.45, 2.75) is 59.0 Å². The molecule has 0 aliphatic rings. The summed E-state index contributed by atoms with van der Waals surface area (Å²) < 4.78 is 4.96. The van der Waals surface area contributed by atoms with Crippen LogP contribution in [0.2, 0.25) is 0 Å². The summed E-state index contributed by atoms with van der Waals surface area (Å²) in [5.41, 5.74) is 1.05. The maximum absolute atomic E-state index is 11.7. The number of carbonyl (C=O) groups is 2. The second kappa shape index (κ2) is 10.6. The molecule has 0 bridgehead atoms. The fraction of sp³-hybridized carbons (Fsp3) is 0.529. The molecule has 0 fully saturated rings. The molecular formula is C17H24O6. The molecule has 0 saturated carbocycles. The third-order valence-corrected chi connectivity index (χ3v) is 3.34. The zero-order valence-electron chi connectivity index (χ0n) is 13.9. The van der Waals surface area contributed by atoms with Crippen LogP contribution in [-0.4, -0.2) is 18.2 Å². The number of hydrogen-bond donors (Lipinski definition) is 0. The highest BCUT2D eigenvalue weighted by Gasteiger charge is 2.15. The lowest BCUT2D eigenvalue weighted by Gasteiger charge is -2.11. The van der Waals surface area contributed by atoms with Gasteiger partial charge in [0.1, 0.15) is 6.10 Å². The first-order valence-electron chi connectivity index (χ1n) is 7.86. The van der Waals surface area contributed by atoms with Gasteiger partial charge >= 0.3 is 12.1 Å². The molecule has 1 unspecified atom stereocenters. The van der Waals surface area contributed by atoms with Gasteiger partial charge in [0.25, 0.3) is 0 Å². The van der Waals surface area contributed by atoms with Crippen LogP contribution in [-0.2, 0) is 19.6 Å². The third-order valence-electron chi connectivity index (χ3n) is 3.34. The molecule has 1 aromatic carbocycles. The number of carbonyl (C=O) groups excluding carboxylic acids is 2. The van der Waals surface area contributed by atoms with E-state index in [0.717, 1.165) is 37.7 Å². The lowest BCUT2D eigenvalue weighted by molar-refractivity contribution is -0.453. The van der Waals surface area contributed by atoms with E-state index in [2.05, 4.69) is 21.7 Å². The molecule has 0 radical (unpaired) electrons. The van der Waals surface area contributed by atoms with E-state index in [0.29, 0.717) is 5.56 Å². The molecule has 1 aromatic rings. The summed E-state index contributed by atoms with van der Waals surface area (Å²) in [6, 6.07) is 6.82. The second-order valence-electron chi connectivity index (χ2n) is 5.36. The summed E-state index contributed by atoms with van der Waals surface area (Å²) in [5.74, 6) is -0.747. The van der Waals surface area contributed by atoms with Gasteiger partial charge in [0.15, 0.2) is 0 Å². The fourth-order valence-corrected chi connectivity index (χ4v) is 2.02. The third kappa shape index (κ3) is 7.65. The standard InChI is InChI=1S/C17H24O6/c1-4-5-6-7-11-14(3)20-17(19)22-23-21-16(18)15-12-9-8-10-13(15)2/h8-10,12,14H,4-7,11H2,1-3H3. The predicted octanol–water partition coefficient (Wildman–Crippen LogP) is 4.51. The van der Waals surface area contributed by atoms with Crippen LogP contribution >= 0.6 is 0 Å². The number of unbranched alkanes of at least 4 members (excludes halogenated alkanes) is 3. The van der Waals surface area contributed by atoms with Gasteiger partial charge in [-0.1, -0.05) is 44.4 Å². The first-order chi connectivity index (χ1) is 11.0. The van der Waals surface area contributed by atoms with Gasteiger partial charge < -0.3 is 4.74 Å². The van der Waals surface area contributed by atoms with E-state index < -0.39 is 12.1 Å². The topological polar surface area (TPSA) is 71.1 Å². The highest BCUT2D eigenvalue weighted by atomic mass is 17.5. The number of rotatable bonds is 9. The summed E-state index contributed by atoms with van der Waals surface area (Å²) in [6.45, 7) is 5.66. The highest BCUT2D eigenvalue weighted by molar-refractivity contribution is 5.90. The van der Waals surface area contributed by atoms with Crippen molar-refractivity contribution in [1.29, 1.82) is 0 Å². The lowest BCUT2D eigenvalue weighted by Crippen LogP contribution is -2.17. The summed E-state index contributed by atoms with van der Waals surface area (Å²) >= 11 is 0. The van der Waals surface area contributed by atoms with Crippen LogP contribution in [0.3, 0.4) is 0 Å². The first kappa shape index (κ1) is 19.0. The number of aryl methyl sites for hydroxylation is 1. The molecule has 0 heterocycles. The smallest absolute Gasteiger partial charge is 0.429 e. The fourth-order valence-electron chi connectivity index (χ4n) is 2.02. The van der Waals surface area contributed by atoms with Gasteiger partial charge in [0.2, 0.25) is 0 Å². The largest absolute Gasteiger partial charge is 0.543 e. The van der Waals surface area contributed by atoms with E-state index in [1.54, 1.807) is 38.1 Å². The van der Waals surface area contributed by atoms with Crippen LogP contribution in [0, 0.1) is 6.92 Å². The average Bonchev–Trinajstić information content (AvgIpc) is 2.52. The number of benzene rings is 1. The molecule has 0 aliphatic heterocycles. The van der Waals surface area contributed by atoms with Crippen LogP contribution in [0.15, 0.2) is 24.3 Å². The summed E-state index contributed by atoms with van der Waals surface area (Å²) in [4.78, 5) is 31.7. The maximum Gasteiger partial charge on any atom is 0.543 e. The van der Waals surface area contributed by atoms with E-state index in [1.165, 1.54) is 0 Å². The Morgan fingerprint density at radius 1 is 1.09 bits per heavy atom. The van der Waals surface area contributed by atoms with Crippen molar-refractivity contribution >= 4 is 12.1 Å². The van der Waals surface area contributed by atoms with Gasteiger partial charge in [-0.05, 0) is 38.3 Å². The Morgan fingerprint density at radius 3 is 2.52 bits per heavy atom. The van der Waals surface area contributed by atoms with Gasteiger partial charge in [-0.15, -0.1) is 0 Å². The van der Waals surface area contributed by atoms with Crippen molar-refractivity contribution in [2.75, 3.05) is 0 Å². The van der Waals surface area contributed by atoms with Crippen molar-refractivity contribution in [1.82, 2.24) is 0 Å². The molecule has 6 heteroatoms. The molecule has 0 amide bonds. The van der Waals surface area contributed by atoms with E-state index in [1.807, 2.05) is 0 Å². The number of ether oxygens (including phenoxy) is 1. The van der Waals surface area contributed by atoms with Gasteiger partial charge in [0.05, 0.1) is 10.6 Å². The molecule has 0 aliphatic carbocycles. The Bertz CT molecular complexity index is 500. The summed E-state index contributed by atoms with van der Waals surface area (Å²) in [7, 11) is 0. The number of hydrogen-bond acceptors (Lipinski definition) is 6. The molecule has 128 valence electrons. The summed E-state index contributed by atoms with van der Waals surface area (Å²) in [6.07, 6.45) is 3.82. The normalized spacial score (nSPS) is 11.6. The molecule has 0 aromatic heterocycles. The Balaban J connectivity index is 2.21. The summed E-state index contributed by atoms with van der Waals surface area (Å²) in [5, 5.41) is 4.19. The molecule has 1 rings (SSSR count). The Hall–Kier alpha value is -2.08. The van der Waals surface area contributed by atoms with E-state index in [4.69, 9.17) is 4.74 Å². The monoisotopic (exact) mass is 324 g/mol. The van der Waals surface area contributed by atoms with Gasteiger partial charge in [-0.25, -0.2) is 14.5 Å². The van der Waals surface area contributed by atoms with Crippen molar-refractivity contribution in [3.63, 3.8) is 0 Å². The highest BCUT2D eigenvalue weighted by Crippen LogP contribution is 2.10. The van der Waals surface area contributed by atoms with Crippen molar-refractivity contribution in [2.24, 2.45) is 0 Å². The molecule has 0 spiro atoms. The lowest BCUT2D eigenvalue weighted by atomic mass is 10.1. The van der Waals surface area contributed by atoms with Crippen molar-refractivity contribution < 1.29 is 29.1 Å². The van der Waals surface area contributed by atoms with E-state index in [-0.39, 0.29) is 6.10 Å². The minimum Gasteiger partial charge on any atom is -0.429 e. The van der Waals surface area contributed by atoms with Crippen LogP contribution in [0.1, 0.15) is 61.9 Å². The predicted molar refractivity (Wildman–Crippen MR) is 83.5 cm³/mol. The van der Waals surface area contributed by atoms with Crippen LogP contribution in [0.4, 0.5) is 4.79 Å². The maximum atomic E-state index is 11.7. The zero-order chi connectivity index (χ0) is 17.1. The quantitative estimate of drug-likeness (QED) is 0.288. The molecule has 0 N–H and O–H groups in total. The molecule has 23 heavy (non-hydrogen) atoms. The van der Waals surface area contributed by atoms with Crippen LogP contribution < -0.4 is 0 Å². The van der Waals surface area contributed by atoms with E-state index >= 15 is 0 Å². The van der Waals surface area contributed by atoms with Crippen molar-refractivity contribution in [3.8, 4) is 0 Å². The Morgan fingerprint density at radius 2 is 1.83 bits per heavy atom. The minimum atomic E-state index is -1.04. The zero-order valence-corrected chi connectivity index (χ0v) is 13.9. The SMILES string of the molecule is CCCCCCC(C)OC(=O)OOOC(=O)c1ccccc1C. The molecule has 6 nitrogen and oxygen atoms in total. The Labute approximate surface area is 136 Å². The van der Waals surface area contributed by atoms with Crippen molar-refractivity contribution in [3.05, 3.63) is 35.4 Å². The van der Waals surface area contributed by atoms with Crippen LogP contribution in [0.25, 0.3) is 0 Å². The molecule has 0 saturated heterocycles.